The van der Waals surface area contributed by atoms with Gasteiger partial charge < -0.3 is 5.11 Å². The van der Waals surface area contributed by atoms with Crippen LogP contribution in [-0.4, -0.2) is 20.1 Å². The van der Waals surface area contributed by atoms with E-state index >= 15 is 0 Å². The van der Waals surface area contributed by atoms with Crippen molar-refractivity contribution in [3.8, 4) is 0 Å². The molecule has 2 N–H and O–H groups in total. The summed E-state index contributed by atoms with van der Waals surface area (Å²) < 4.78 is 76.5. The number of hydrogen-bond donors (Lipinski definition) is 2. The highest BCUT2D eigenvalue weighted by molar-refractivity contribution is 7.89. The second-order valence-electron chi connectivity index (χ2n) is 4.94. The summed E-state index contributed by atoms with van der Waals surface area (Å²) in [4.78, 5) is -0.317. The van der Waals surface area contributed by atoms with E-state index in [1.165, 1.54) is 12.1 Å². The Kier molecular flexibility index (Phi) is 5.26. The zero-order valence-electron chi connectivity index (χ0n) is 12.1. The summed E-state index contributed by atoms with van der Waals surface area (Å²) in [7, 11) is -4.05. The van der Waals surface area contributed by atoms with Gasteiger partial charge in [0.2, 0.25) is 10.0 Å². The number of rotatable bonds is 5. The number of nitrogens with one attached hydrogen (secondary N) is 1. The lowest BCUT2D eigenvalue weighted by atomic mass is 10.1. The molecule has 0 spiro atoms. The maximum absolute atomic E-state index is 13.1. The van der Waals surface area contributed by atoms with Crippen molar-refractivity contribution in [1.29, 1.82) is 0 Å². The minimum absolute atomic E-state index is 0.116. The van der Waals surface area contributed by atoms with Crippen molar-refractivity contribution in [3.05, 3.63) is 65.5 Å². The van der Waals surface area contributed by atoms with E-state index in [0.717, 1.165) is 36.4 Å². The molecule has 0 heterocycles. The summed E-state index contributed by atoms with van der Waals surface area (Å²) in [5.74, 6) is -0.735. The SMILES string of the molecule is O=S(=O)(NCC(O)c1ccc(C(F)(F)F)cc1)c1cccc(F)c1. The molecular formula is C15H13F4NO3S. The molecule has 0 fully saturated rings. The third-order valence-electron chi connectivity index (χ3n) is 3.20. The van der Waals surface area contributed by atoms with Crippen LogP contribution in [0.1, 0.15) is 17.2 Å². The van der Waals surface area contributed by atoms with Crippen LogP contribution in [0.4, 0.5) is 17.6 Å². The first-order valence-electron chi connectivity index (χ1n) is 6.70. The van der Waals surface area contributed by atoms with Crippen LogP contribution < -0.4 is 4.72 Å². The maximum atomic E-state index is 13.1. The number of benzene rings is 2. The van der Waals surface area contributed by atoms with Crippen LogP contribution in [0, 0.1) is 5.82 Å². The summed E-state index contributed by atoms with van der Waals surface area (Å²) in [6.07, 6.45) is -5.85. The van der Waals surface area contributed by atoms with Gasteiger partial charge in [-0.25, -0.2) is 17.5 Å². The van der Waals surface area contributed by atoms with Crippen molar-refractivity contribution < 1.29 is 31.1 Å². The van der Waals surface area contributed by atoms with Gasteiger partial charge in [0.15, 0.2) is 0 Å². The zero-order chi connectivity index (χ0) is 18.0. The molecule has 0 aliphatic carbocycles. The predicted molar refractivity (Wildman–Crippen MR) is 78.0 cm³/mol. The molecule has 4 nitrogen and oxygen atoms in total. The summed E-state index contributed by atoms with van der Waals surface area (Å²) in [5, 5.41) is 9.90. The number of halogens is 4. The molecule has 1 atom stereocenters. The molecular weight excluding hydrogens is 350 g/mol. The lowest BCUT2D eigenvalue weighted by Crippen LogP contribution is -2.28. The molecule has 2 aromatic carbocycles. The van der Waals surface area contributed by atoms with Crippen LogP contribution in [0.2, 0.25) is 0 Å². The fourth-order valence-corrected chi connectivity index (χ4v) is 2.99. The van der Waals surface area contributed by atoms with Crippen molar-refractivity contribution in [3.63, 3.8) is 0 Å². The van der Waals surface area contributed by atoms with Gasteiger partial charge in [-0.3, -0.25) is 0 Å². The largest absolute Gasteiger partial charge is 0.416 e. The van der Waals surface area contributed by atoms with Gasteiger partial charge in [-0.05, 0) is 35.9 Å². The Bertz CT molecular complexity index is 804. The highest BCUT2D eigenvalue weighted by atomic mass is 32.2. The van der Waals surface area contributed by atoms with Crippen molar-refractivity contribution >= 4 is 10.0 Å². The summed E-state index contributed by atoms with van der Waals surface area (Å²) in [5.41, 5.74) is -0.760. The van der Waals surface area contributed by atoms with Gasteiger partial charge in [0.25, 0.3) is 0 Å². The first-order valence-corrected chi connectivity index (χ1v) is 8.18. The average molecular weight is 363 g/mol. The second kappa shape index (κ2) is 6.88. The number of hydrogen-bond acceptors (Lipinski definition) is 3. The van der Waals surface area contributed by atoms with Gasteiger partial charge in [0.05, 0.1) is 16.6 Å². The van der Waals surface area contributed by atoms with Crippen molar-refractivity contribution in [1.82, 2.24) is 4.72 Å². The van der Waals surface area contributed by atoms with E-state index in [-0.39, 0.29) is 10.5 Å². The highest BCUT2D eigenvalue weighted by Gasteiger charge is 2.30. The van der Waals surface area contributed by atoms with Crippen LogP contribution in [0.25, 0.3) is 0 Å². The summed E-state index contributed by atoms with van der Waals surface area (Å²) in [6.45, 7) is -0.468. The molecule has 0 aromatic heterocycles. The monoisotopic (exact) mass is 363 g/mol. The fraction of sp³-hybridized carbons (Fsp3) is 0.200. The van der Waals surface area contributed by atoms with E-state index in [0.29, 0.717) is 0 Å². The molecule has 0 aliphatic heterocycles. The molecule has 24 heavy (non-hydrogen) atoms. The molecule has 0 aliphatic rings. The second-order valence-corrected chi connectivity index (χ2v) is 6.71. The summed E-state index contributed by atoms with van der Waals surface area (Å²) >= 11 is 0. The number of sulfonamides is 1. The first kappa shape index (κ1) is 18.4. The van der Waals surface area contributed by atoms with E-state index in [2.05, 4.69) is 4.72 Å². The molecule has 0 radical (unpaired) electrons. The molecule has 0 bridgehead atoms. The number of alkyl halides is 3. The van der Waals surface area contributed by atoms with E-state index < -0.39 is 40.2 Å². The Hall–Kier alpha value is -1.97. The topological polar surface area (TPSA) is 66.4 Å². The van der Waals surface area contributed by atoms with Gasteiger partial charge in [0.1, 0.15) is 5.82 Å². The average Bonchev–Trinajstić information content (AvgIpc) is 2.52. The van der Waals surface area contributed by atoms with Crippen molar-refractivity contribution in [2.75, 3.05) is 6.54 Å². The maximum Gasteiger partial charge on any atom is 0.416 e. The van der Waals surface area contributed by atoms with Gasteiger partial charge in [0, 0.05) is 6.54 Å². The van der Waals surface area contributed by atoms with E-state index in [9.17, 15) is 31.1 Å². The zero-order valence-corrected chi connectivity index (χ0v) is 12.9. The first-order chi connectivity index (χ1) is 11.1. The van der Waals surface area contributed by atoms with Crippen molar-refractivity contribution in [2.24, 2.45) is 0 Å². The Morgan fingerprint density at radius 3 is 2.25 bits per heavy atom. The minimum Gasteiger partial charge on any atom is -0.387 e. The molecule has 2 aromatic rings. The highest BCUT2D eigenvalue weighted by Crippen LogP contribution is 2.29. The van der Waals surface area contributed by atoms with E-state index in [4.69, 9.17) is 0 Å². The smallest absolute Gasteiger partial charge is 0.387 e. The van der Waals surface area contributed by atoms with Crippen LogP contribution in [-0.2, 0) is 16.2 Å². The molecule has 130 valence electrons. The molecule has 0 amide bonds. The standard InChI is InChI=1S/C15H13F4NO3S/c16-12-2-1-3-13(8-12)24(22,23)20-9-14(21)10-4-6-11(7-5-10)15(17,18)19/h1-8,14,20-21H,9H2. The van der Waals surface area contributed by atoms with Crippen LogP contribution >= 0.6 is 0 Å². The van der Waals surface area contributed by atoms with Crippen LogP contribution in [0.15, 0.2) is 53.4 Å². The normalized spacial score (nSPS) is 13.7. The minimum atomic E-state index is -4.50. The lowest BCUT2D eigenvalue weighted by Gasteiger charge is -2.14. The molecule has 2 rings (SSSR count). The van der Waals surface area contributed by atoms with E-state index in [1.54, 1.807) is 0 Å². The predicted octanol–water partition coefficient (Wildman–Crippen LogP) is 2.86. The van der Waals surface area contributed by atoms with Gasteiger partial charge in [-0.1, -0.05) is 18.2 Å². The Balaban J connectivity index is 2.06. The van der Waals surface area contributed by atoms with Gasteiger partial charge in [-0.2, -0.15) is 13.2 Å². The lowest BCUT2D eigenvalue weighted by molar-refractivity contribution is -0.137. The van der Waals surface area contributed by atoms with Crippen LogP contribution in [0.5, 0.6) is 0 Å². The third-order valence-corrected chi connectivity index (χ3v) is 4.62. The Morgan fingerprint density at radius 2 is 1.71 bits per heavy atom. The number of aliphatic hydroxyl groups excluding tert-OH is 1. The number of aliphatic hydroxyl groups is 1. The van der Waals surface area contributed by atoms with Gasteiger partial charge in [-0.15, -0.1) is 0 Å². The quantitative estimate of drug-likeness (QED) is 0.803. The van der Waals surface area contributed by atoms with Crippen LogP contribution in [0.3, 0.4) is 0 Å². The van der Waals surface area contributed by atoms with E-state index in [1.807, 2.05) is 0 Å². The molecule has 1 unspecified atom stereocenters. The summed E-state index contributed by atoms with van der Waals surface area (Å²) in [6, 6.07) is 7.99. The fourth-order valence-electron chi connectivity index (χ4n) is 1.92. The van der Waals surface area contributed by atoms with Crippen molar-refractivity contribution in [2.45, 2.75) is 17.2 Å². The molecule has 9 heteroatoms. The third kappa shape index (κ3) is 4.53. The van der Waals surface area contributed by atoms with Gasteiger partial charge >= 0.3 is 6.18 Å². The molecule has 0 saturated carbocycles. The Labute approximate surface area is 135 Å². The Morgan fingerprint density at radius 1 is 1.08 bits per heavy atom. The molecule has 0 saturated heterocycles.